The van der Waals surface area contributed by atoms with E-state index in [2.05, 4.69) is 9.97 Å². The fourth-order valence-electron chi connectivity index (χ4n) is 1.90. The molecule has 5 nitrogen and oxygen atoms in total. The van der Waals surface area contributed by atoms with Gasteiger partial charge in [-0.1, -0.05) is 12.1 Å². The number of carbonyl (C=O) groups is 1. The van der Waals surface area contributed by atoms with Crippen LogP contribution in [-0.4, -0.2) is 43.1 Å². The smallest absolute Gasteiger partial charge is 0.223 e. The van der Waals surface area contributed by atoms with Crippen molar-refractivity contribution in [2.24, 2.45) is 0 Å². The van der Waals surface area contributed by atoms with Crippen LogP contribution in [0.3, 0.4) is 0 Å². The molecule has 0 saturated carbocycles. The van der Waals surface area contributed by atoms with Crippen LogP contribution in [-0.2, 0) is 9.53 Å². The quantitative estimate of drug-likeness (QED) is 0.445. The van der Waals surface area contributed by atoms with Crippen LogP contribution in [0.5, 0.6) is 0 Å². The minimum Gasteiger partial charge on any atom is -0.372 e. The van der Waals surface area contributed by atoms with Gasteiger partial charge in [0.05, 0.1) is 12.8 Å². The summed E-state index contributed by atoms with van der Waals surface area (Å²) >= 11 is 5.72. The molecule has 0 atom stereocenters. The molecule has 0 saturated heterocycles. The zero-order valence-electron chi connectivity index (χ0n) is 12.0. The van der Waals surface area contributed by atoms with Crippen molar-refractivity contribution in [2.75, 3.05) is 31.7 Å². The van der Waals surface area contributed by atoms with E-state index < -0.39 is 5.82 Å². The fraction of sp³-hybridized carbons (Fsp3) is 0.267. The molecule has 1 aromatic carbocycles. The van der Waals surface area contributed by atoms with E-state index in [1.165, 1.54) is 0 Å². The molecule has 22 heavy (non-hydrogen) atoms. The number of anilines is 1. The van der Waals surface area contributed by atoms with E-state index in [0.717, 1.165) is 11.9 Å². The normalized spacial score (nSPS) is 10.5. The molecule has 1 aromatic heterocycles. The van der Waals surface area contributed by atoms with Gasteiger partial charge in [-0.25, -0.2) is 14.4 Å². The van der Waals surface area contributed by atoms with E-state index in [0.29, 0.717) is 25.0 Å². The Morgan fingerprint density at radius 2 is 2.27 bits per heavy atom. The lowest BCUT2D eigenvalue weighted by molar-refractivity contribution is -0.111. The van der Waals surface area contributed by atoms with Gasteiger partial charge in [-0.05, 0) is 23.7 Å². The van der Waals surface area contributed by atoms with Gasteiger partial charge < -0.3 is 14.4 Å². The molecule has 116 valence electrons. The highest BCUT2D eigenvalue weighted by molar-refractivity contribution is 6.28. The average Bonchev–Trinajstić information content (AvgIpc) is 2.54. The first-order valence-electron chi connectivity index (χ1n) is 6.63. The molecule has 1 heterocycles. The number of halogens is 2. The molecule has 0 aliphatic carbocycles. The van der Waals surface area contributed by atoms with Gasteiger partial charge in [-0.15, -0.1) is 0 Å². The molecule has 0 unspecified atom stereocenters. The van der Waals surface area contributed by atoms with Crippen LogP contribution < -0.4 is 4.90 Å². The number of likely N-dealkylation sites (N-methyl/N-ethyl adjacent to an activating group) is 1. The Hall–Kier alpha value is -2.05. The van der Waals surface area contributed by atoms with E-state index >= 15 is 0 Å². The molecule has 0 fully saturated rings. The Kier molecular flexibility index (Phi) is 5.80. The van der Waals surface area contributed by atoms with Crippen LogP contribution in [0.1, 0.15) is 0 Å². The summed E-state index contributed by atoms with van der Waals surface area (Å²) in [4.78, 5) is 19.7. The van der Waals surface area contributed by atoms with E-state index in [4.69, 9.17) is 16.3 Å². The van der Waals surface area contributed by atoms with Gasteiger partial charge in [0, 0.05) is 24.8 Å². The number of aromatic nitrogens is 2. The van der Waals surface area contributed by atoms with E-state index in [1.54, 1.807) is 6.07 Å². The molecule has 0 spiro atoms. The van der Waals surface area contributed by atoms with Crippen LogP contribution in [0.4, 0.5) is 10.1 Å². The highest BCUT2D eigenvalue weighted by atomic mass is 35.5. The van der Waals surface area contributed by atoms with E-state index in [9.17, 15) is 9.18 Å². The number of rotatable bonds is 7. The summed E-state index contributed by atoms with van der Waals surface area (Å²) in [6.07, 6.45) is 1.76. The zero-order chi connectivity index (χ0) is 15.9. The molecule has 0 amide bonds. The number of benzene rings is 1. The Morgan fingerprint density at radius 3 is 3.05 bits per heavy atom. The molecular weight excluding hydrogens is 309 g/mol. The van der Waals surface area contributed by atoms with Crippen LogP contribution >= 0.6 is 11.6 Å². The van der Waals surface area contributed by atoms with Gasteiger partial charge in [-0.2, -0.15) is 0 Å². The highest BCUT2D eigenvalue weighted by Crippen LogP contribution is 2.25. The number of hydrogen-bond donors (Lipinski definition) is 0. The molecule has 0 N–H and O–H groups in total. The Labute approximate surface area is 132 Å². The third-order valence-electron chi connectivity index (χ3n) is 3.03. The minimum atomic E-state index is -0.529. The van der Waals surface area contributed by atoms with Gasteiger partial charge in [0.25, 0.3) is 0 Å². The summed E-state index contributed by atoms with van der Waals surface area (Å²) in [6, 6.07) is 7.26. The number of hydrogen-bond acceptors (Lipinski definition) is 5. The third-order valence-corrected chi connectivity index (χ3v) is 3.21. The number of ether oxygens (including phenoxy) is 1. The maximum atomic E-state index is 13.8. The van der Waals surface area contributed by atoms with Crippen molar-refractivity contribution >= 4 is 23.6 Å². The van der Waals surface area contributed by atoms with Crippen LogP contribution in [0.15, 0.2) is 30.5 Å². The molecule has 0 radical (unpaired) electrons. The van der Waals surface area contributed by atoms with Gasteiger partial charge in [0.15, 0.2) is 5.82 Å². The van der Waals surface area contributed by atoms with Gasteiger partial charge in [-0.3, -0.25) is 0 Å². The predicted molar refractivity (Wildman–Crippen MR) is 82.6 cm³/mol. The average molecular weight is 324 g/mol. The summed E-state index contributed by atoms with van der Waals surface area (Å²) in [5, 5.41) is -0.00239. The van der Waals surface area contributed by atoms with Crippen molar-refractivity contribution in [3.63, 3.8) is 0 Å². The number of aldehydes is 1. The zero-order valence-corrected chi connectivity index (χ0v) is 12.8. The summed E-state index contributed by atoms with van der Waals surface area (Å²) in [5.41, 5.74) is 1.65. The van der Waals surface area contributed by atoms with Gasteiger partial charge in [0.1, 0.15) is 18.6 Å². The monoisotopic (exact) mass is 323 g/mol. The van der Waals surface area contributed by atoms with E-state index in [-0.39, 0.29) is 17.6 Å². The Bertz CT molecular complexity index is 654. The van der Waals surface area contributed by atoms with Crippen molar-refractivity contribution in [2.45, 2.75) is 0 Å². The van der Waals surface area contributed by atoms with Crippen LogP contribution in [0.25, 0.3) is 11.3 Å². The van der Waals surface area contributed by atoms with Crippen LogP contribution in [0, 0.1) is 5.82 Å². The summed E-state index contributed by atoms with van der Waals surface area (Å²) in [5.74, 6) is -0.529. The van der Waals surface area contributed by atoms with Gasteiger partial charge >= 0.3 is 0 Å². The lowest BCUT2D eigenvalue weighted by Crippen LogP contribution is -2.22. The first-order chi connectivity index (χ1) is 10.6. The van der Waals surface area contributed by atoms with Crippen molar-refractivity contribution in [3.05, 3.63) is 41.6 Å². The summed E-state index contributed by atoms with van der Waals surface area (Å²) in [7, 11) is 1.88. The van der Waals surface area contributed by atoms with E-state index in [1.807, 2.05) is 30.1 Å². The molecule has 2 rings (SSSR count). The van der Waals surface area contributed by atoms with Crippen molar-refractivity contribution < 1.29 is 13.9 Å². The molecule has 0 aliphatic rings. The fourth-order valence-corrected chi connectivity index (χ4v) is 2.03. The molecule has 2 aromatic rings. The minimum absolute atomic E-state index is 0.00239. The largest absolute Gasteiger partial charge is 0.372 e. The predicted octanol–water partition coefficient (Wildman–Crippen LogP) is 2.59. The van der Waals surface area contributed by atoms with Crippen LogP contribution in [0.2, 0.25) is 5.28 Å². The molecule has 0 aliphatic heterocycles. The molecular formula is C15H15ClFN3O2. The molecule has 7 heteroatoms. The van der Waals surface area contributed by atoms with Crippen molar-refractivity contribution in [1.82, 2.24) is 9.97 Å². The van der Waals surface area contributed by atoms with Crippen molar-refractivity contribution in [3.8, 4) is 11.3 Å². The van der Waals surface area contributed by atoms with Crippen molar-refractivity contribution in [1.29, 1.82) is 0 Å². The SMILES string of the molecule is CN(CCOCC=O)c1cccc(-c2nc(Cl)ncc2F)c1. The lowest BCUT2D eigenvalue weighted by Gasteiger charge is -2.19. The number of nitrogens with zero attached hydrogens (tertiary/aromatic N) is 3. The second kappa shape index (κ2) is 7.82. The van der Waals surface area contributed by atoms with Gasteiger partial charge in [0.2, 0.25) is 5.28 Å². The summed E-state index contributed by atoms with van der Waals surface area (Å²) < 4.78 is 18.9. The third kappa shape index (κ3) is 4.22. The molecule has 0 bridgehead atoms. The Balaban J connectivity index is 2.15. The topological polar surface area (TPSA) is 55.3 Å². The first kappa shape index (κ1) is 16.3. The second-order valence-corrected chi connectivity index (χ2v) is 4.89. The maximum Gasteiger partial charge on any atom is 0.223 e. The number of carbonyl (C=O) groups excluding carboxylic acids is 1. The highest BCUT2D eigenvalue weighted by Gasteiger charge is 2.10. The standard InChI is InChI=1S/C15H15ClFN3O2/c1-20(5-7-22-8-6-21)12-4-2-3-11(9-12)14-13(17)10-18-15(16)19-14/h2-4,6,9-10H,5,7-8H2,1H3. The summed E-state index contributed by atoms with van der Waals surface area (Å²) in [6.45, 7) is 1.11. The Morgan fingerprint density at radius 1 is 1.45 bits per heavy atom. The maximum absolute atomic E-state index is 13.8. The first-order valence-corrected chi connectivity index (χ1v) is 7.00. The lowest BCUT2D eigenvalue weighted by atomic mass is 10.1. The second-order valence-electron chi connectivity index (χ2n) is 4.55.